The van der Waals surface area contributed by atoms with Crippen LogP contribution in [0.15, 0.2) is 115 Å². The summed E-state index contributed by atoms with van der Waals surface area (Å²) in [7, 11) is 0. The van der Waals surface area contributed by atoms with Crippen LogP contribution in [0.3, 0.4) is 0 Å². The normalized spacial score (nSPS) is 11.8. The van der Waals surface area contributed by atoms with E-state index in [0.29, 0.717) is 0 Å². The molecule has 0 heterocycles. The molecule has 0 aliphatic rings. The molecule has 2 heteroatoms. The lowest BCUT2D eigenvalue weighted by Crippen LogP contribution is -2.32. The molecule has 4 rings (SSSR count). The molecule has 30 heavy (non-hydrogen) atoms. The lowest BCUT2D eigenvalue weighted by atomic mass is 9.90. The number of benzene rings is 4. The van der Waals surface area contributed by atoms with Crippen molar-refractivity contribution >= 4 is 5.91 Å². The second-order valence-electron chi connectivity index (χ2n) is 7.47. The monoisotopic (exact) mass is 391 g/mol. The molecule has 4 aromatic carbocycles. The average molecular weight is 392 g/mol. The summed E-state index contributed by atoms with van der Waals surface area (Å²) >= 11 is 0. The van der Waals surface area contributed by atoms with Gasteiger partial charge in [-0.05, 0) is 34.7 Å². The molecule has 0 aliphatic heterocycles. The van der Waals surface area contributed by atoms with Crippen molar-refractivity contribution in [2.75, 3.05) is 0 Å². The lowest BCUT2D eigenvalue weighted by Gasteiger charge is -2.21. The van der Waals surface area contributed by atoms with Crippen LogP contribution in [0, 0.1) is 0 Å². The summed E-state index contributed by atoms with van der Waals surface area (Å²) in [6.45, 7) is 2.03. The van der Waals surface area contributed by atoms with E-state index < -0.39 is 0 Å². The Kier molecular flexibility index (Phi) is 6.05. The molecule has 4 aromatic rings. The number of hydrogen-bond acceptors (Lipinski definition) is 1. The predicted molar refractivity (Wildman–Crippen MR) is 123 cm³/mol. The van der Waals surface area contributed by atoms with Gasteiger partial charge in [-0.15, -0.1) is 0 Å². The number of nitrogens with one attached hydrogen (secondary N) is 1. The first-order valence-corrected chi connectivity index (χ1v) is 10.3. The van der Waals surface area contributed by atoms with Gasteiger partial charge in [-0.3, -0.25) is 4.79 Å². The van der Waals surface area contributed by atoms with E-state index in [0.717, 1.165) is 16.7 Å². The molecular formula is C28H25NO. The largest absolute Gasteiger partial charge is 0.349 e. The van der Waals surface area contributed by atoms with E-state index in [1.807, 2.05) is 85.8 Å². The minimum atomic E-state index is -0.335. The van der Waals surface area contributed by atoms with Crippen LogP contribution in [0.4, 0.5) is 0 Å². The summed E-state index contributed by atoms with van der Waals surface area (Å²) in [6.07, 6.45) is 0. The van der Waals surface area contributed by atoms with E-state index in [1.54, 1.807) is 0 Å². The van der Waals surface area contributed by atoms with Crippen LogP contribution >= 0.6 is 0 Å². The topological polar surface area (TPSA) is 29.1 Å². The summed E-state index contributed by atoms with van der Waals surface area (Å²) in [5, 5.41) is 3.21. The van der Waals surface area contributed by atoms with Gasteiger partial charge in [-0.25, -0.2) is 0 Å². The zero-order chi connectivity index (χ0) is 20.8. The molecule has 1 N–H and O–H groups in total. The van der Waals surface area contributed by atoms with Crippen LogP contribution in [0.1, 0.15) is 35.6 Å². The number of carbonyl (C=O) groups is 1. The Hall–Kier alpha value is -3.65. The zero-order valence-electron chi connectivity index (χ0n) is 17.0. The van der Waals surface area contributed by atoms with Gasteiger partial charge < -0.3 is 5.32 Å². The third kappa shape index (κ3) is 4.49. The van der Waals surface area contributed by atoms with Crippen LogP contribution in [0.5, 0.6) is 0 Å². The third-order valence-corrected chi connectivity index (χ3v) is 5.40. The van der Waals surface area contributed by atoms with Gasteiger partial charge in [0.05, 0.1) is 12.0 Å². The molecular weight excluding hydrogens is 366 g/mol. The molecule has 0 saturated carbocycles. The summed E-state index contributed by atoms with van der Waals surface area (Å²) in [4.78, 5) is 13.3. The fourth-order valence-corrected chi connectivity index (χ4v) is 3.76. The Balaban J connectivity index is 1.54. The van der Waals surface area contributed by atoms with E-state index in [4.69, 9.17) is 0 Å². The van der Waals surface area contributed by atoms with Crippen LogP contribution in [-0.4, -0.2) is 5.91 Å². The van der Waals surface area contributed by atoms with Crippen molar-refractivity contribution in [3.63, 3.8) is 0 Å². The van der Waals surface area contributed by atoms with Gasteiger partial charge >= 0.3 is 0 Å². The fourth-order valence-electron chi connectivity index (χ4n) is 3.76. The molecule has 1 amide bonds. The Bertz CT molecular complexity index is 1030. The summed E-state index contributed by atoms with van der Waals surface area (Å²) < 4.78 is 0. The second kappa shape index (κ2) is 9.23. The van der Waals surface area contributed by atoms with E-state index in [2.05, 4.69) is 41.7 Å². The smallest absolute Gasteiger partial charge is 0.232 e. The minimum absolute atomic E-state index is 0.00651. The van der Waals surface area contributed by atoms with Crippen molar-refractivity contribution in [3.05, 3.63) is 132 Å². The predicted octanol–water partition coefficient (Wildman–Crippen LogP) is 6.36. The maximum atomic E-state index is 13.3. The summed E-state index contributed by atoms with van der Waals surface area (Å²) in [6, 6.07) is 38.5. The van der Waals surface area contributed by atoms with Gasteiger partial charge in [0.15, 0.2) is 0 Å². The zero-order valence-corrected chi connectivity index (χ0v) is 17.0. The molecule has 0 radical (unpaired) electrons. The highest BCUT2D eigenvalue weighted by Gasteiger charge is 2.24. The van der Waals surface area contributed by atoms with Crippen LogP contribution in [0.25, 0.3) is 11.1 Å². The maximum Gasteiger partial charge on any atom is 0.232 e. The molecule has 0 aliphatic carbocycles. The maximum absolute atomic E-state index is 13.3. The molecule has 148 valence electrons. The first-order chi connectivity index (χ1) is 14.7. The van der Waals surface area contributed by atoms with Crippen LogP contribution < -0.4 is 5.32 Å². The van der Waals surface area contributed by atoms with Gasteiger partial charge in [-0.2, -0.15) is 0 Å². The van der Waals surface area contributed by atoms with Crippen molar-refractivity contribution in [2.24, 2.45) is 0 Å². The Morgan fingerprint density at radius 2 is 1.00 bits per heavy atom. The van der Waals surface area contributed by atoms with E-state index in [1.165, 1.54) is 11.1 Å². The molecule has 0 fully saturated rings. The molecule has 0 aromatic heterocycles. The van der Waals surface area contributed by atoms with Crippen molar-refractivity contribution < 1.29 is 4.79 Å². The quantitative estimate of drug-likeness (QED) is 0.407. The van der Waals surface area contributed by atoms with E-state index in [-0.39, 0.29) is 17.9 Å². The first-order valence-electron chi connectivity index (χ1n) is 10.3. The number of rotatable bonds is 6. The van der Waals surface area contributed by atoms with Crippen molar-refractivity contribution in [1.29, 1.82) is 0 Å². The van der Waals surface area contributed by atoms with Crippen molar-refractivity contribution in [1.82, 2.24) is 5.32 Å². The Morgan fingerprint density at radius 3 is 1.50 bits per heavy atom. The highest BCUT2D eigenvalue weighted by Crippen LogP contribution is 2.27. The molecule has 1 atom stereocenters. The number of amides is 1. The van der Waals surface area contributed by atoms with Gasteiger partial charge in [0.1, 0.15) is 0 Å². The SMILES string of the molecule is C[C@H](NC(=O)C(c1ccccc1)c1ccccc1)c1ccc(-c2ccccc2)cc1. The van der Waals surface area contributed by atoms with Gasteiger partial charge in [-0.1, -0.05) is 115 Å². The van der Waals surface area contributed by atoms with Gasteiger partial charge in [0, 0.05) is 0 Å². The Labute approximate surface area is 178 Å². The fraction of sp³-hybridized carbons (Fsp3) is 0.107. The third-order valence-electron chi connectivity index (χ3n) is 5.40. The molecule has 0 spiro atoms. The molecule has 2 nitrogen and oxygen atoms in total. The highest BCUT2D eigenvalue weighted by atomic mass is 16.1. The summed E-state index contributed by atoms with van der Waals surface area (Å²) in [5.74, 6) is -0.328. The van der Waals surface area contributed by atoms with E-state index >= 15 is 0 Å². The van der Waals surface area contributed by atoms with Gasteiger partial charge in [0.25, 0.3) is 0 Å². The van der Waals surface area contributed by atoms with Crippen molar-refractivity contribution in [3.8, 4) is 11.1 Å². The molecule has 0 saturated heterocycles. The standard InChI is InChI=1S/C28H25NO/c1-21(22-17-19-24(20-18-22)23-11-5-2-6-12-23)29-28(30)27(25-13-7-3-8-14-25)26-15-9-4-10-16-26/h2-21,27H,1H3,(H,29,30)/t21-/m0/s1. The average Bonchev–Trinajstić information content (AvgIpc) is 2.81. The number of hydrogen-bond donors (Lipinski definition) is 1. The molecule has 0 unspecified atom stereocenters. The van der Waals surface area contributed by atoms with Crippen LogP contribution in [-0.2, 0) is 4.79 Å². The van der Waals surface area contributed by atoms with Crippen molar-refractivity contribution in [2.45, 2.75) is 18.9 Å². The number of carbonyl (C=O) groups excluding carboxylic acids is 1. The van der Waals surface area contributed by atoms with E-state index in [9.17, 15) is 4.79 Å². The molecule has 0 bridgehead atoms. The Morgan fingerprint density at radius 1 is 0.567 bits per heavy atom. The second-order valence-corrected chi connectivity index (χ2v) is 7.47. The lowest BCUT2D eigenvalue weighted by molar-refractivity contribution is -0.122. The minimum Gasteiger partial charge on any atom is -0.349 e. The highest BCUT2D eigenvalue weighted by molar-refractivity contribution is 5.87. The summed E-state index contributed by atoms with van der Waals surface area (Å²) in [5.41, 5.74) is 5.43. The van der Waals surface area contributed by atoms with Gasteiger partial charge in [0.2, 0.25) is 5.91 Å². The van der Waals surface area contributed by atoms with Crippen LogP contribution in [0.2, 0.25) is 0 Å². The first kappa shape index (κ1) is 19.7.